The summed E-state index contributed by atoms with van der Waals surface area (Å²) < 4.78 is 1.63. The Balaban J connectivity index is 2.15. The molecule has 0 N–H and O–H groups in total. The lowest BCUT2D eigenvalue weighted by Gasteiger charge is -2.30. The lowest BCUT2D eigenvalue weighted by atomic mass is 10.1. The van der Waals surface area contributed by atoms with Crippen molar-refractivity contribution in [2.24, 2.45) is 0 Å². The molecule has 6 nitrogen and oxygen atoms in total. The number of aromatic nitrogens is 2. The first-order valence-electron chi connectivity index (χ1n) is 5.61. The smallest absolute Gasteiger partial charge is 0.390 e. The zero-order valence-electron chi connectivity index (χ0n) is 9.37. The molecule has 0 saturated carbocycles. The highest BCUT2D eigenvalue weighted by Gasteiger charge is 2.25. The summed E-state index contributed by atoms with van der Waals surface area (Å²) in [4.78, 5) is 16.4. The van der Waals surface area contributed by atoms with E-state index in [0.29, 0.717) is 0 Å². The van der Waals surface area contributed by atoms with Gasteiger partial charge in [-0.15, -0.1) is 0 Å². The van der Waals surface area contributed by atoms with Crippen LogP contribution >= 0.6 is 0 Å². The molecule has 0 aliphatic carbocycles. The van der Waals surface area contributed by atoms with Gasteiger partial charge in [-0.3, -0.25) is 4.90 Å². The van der Waals surface area contributed by atoms with E-state index in [2.05, 4.69) is 9.88 Å². The number of hydrogen-bond donors (Lipinski definition) is 0. The van der Waals surface area contributed by atoms with E-state index in [-0.39, 0.29) is 12.1 Å². The van der Waals surface area contributed by atoms with Gasteiger partial charge in [0.2, 0.25) is 0 Å². The van der Waals surface area contributed by atoms with Crippen molar-refractivity contribution >= 4 is 5.95 Å². The fourth-order valence-electron chi connectivity index (χ4n) is 2.21. The predicted octanol–water partition coefficient (Wildman–Crippen LogP) is 1.80. The van der Waals surface area contributed by atoms with E-state index in [9.17, 15) is 10.1 Å². The van der Waals surface area contributed by atoms with Crippen LogP contribution in [0.25, 0.3) is 0 Å². The van der Waals surface area contributed by atoms with Crippen LogP contribution in [0.1, 0.15) is 32.4 Å². The van der Waals surface area contributed by atoms with E-state index >= 15 is 0 Å². The summed E-state index contributed by atoms with van der Waals surface area (Å²) in [5, 5.41) is 10.8. The van der Waals surface area contributed by atoms with Crippen LogP contribution < -0.4 is 0 Å². The Kier molecular flexibility index (Phi) is 3.19. The molecule has 88 valence electrons. The SMILES string of the molecule is CC(N1CCCCC1)n1ccnc1[N+](=O)[O-]. The third-order valence-electron chi connectivity index (χ3n) is 3.13. The van der Waals surface area contributed by atoms with Gasteiger partial charge in [-0.25, -0.2) is 4.57 Å². The molecule has 0 amide bonds. The molecule has 0 radical (unpaired) electrons. The Morgan fingerprint density at radius 3 is 2.75 bits per heavy atom. The van der Waals surface area contributed by atoms with E-state index < -0.39 is 4.92 Å². The largest absolute Gasteiger partial charge is 0.435 e. The van der Waals surface area contributed by atoms with Gasteiger partial charge in [-0.1, -0.05) is 11.4 Å². The van der Waals surface area contributed by atoms with Crippen molar-refractivity contribution in [3.63, 3.8) is 0 Å². The minimum Gasteiger partial charge on any atom is -0.390 e. The fourth-order valence-corrected chi connectivity index (χ4v) is 2.21. The Bertz CT molecular complexity index is 371. The first kappa shape index (κ1) is 11.1. The molecule has 1 fully saturated rings. The van der Waals surface area contributed by atoms with Crippen LogP contribution in [0.2, 0.25) is 0 Å². The van der Waals surface area contributed by atoms with Crippen LogP contribution in [0.15, 0.2) is 12.4 Å². The number of nitro groups is 1. The van der Waals surface area contributed by atoms with Crippen molar-refractivity contribution in [3.05, 3.63) is 22.5 Å². The topological polar surface area (TPSA) is 64.2 Å². The summed E-state index contributed by atoms with van der Waals surface area (Å²) >= 11 is 0. The van der Waals surface area contributed by atoms with Gasteiger partial charge in [0.25, 0.3) is 0 Å². The van der Waals surface area contributed by atoms with Gasteiger partial charge in [0.05, 0.1) is 0 Å². The minimum atomic E-state index is -0.430. The first-order chi connectivity index (χ1) is 7.70. The van der Waals surface area contributed by atoms with Crippen LogP contribution in [0, 0.1) is 10.1 Å². The van der Waals surface area contributed by atoms with Crippen LogP contribution in [0.4, 0.5) is 5.95 Å². The number of imidazole rings is 1. The number of hydrogen-bond acceptors (Lipinski definition) is 4. The second-order valence-corrected chi connectivity index (χ2v) is 4.12. The molecule has 2 heterocycles. The summed E-state index contributed by atoms with van der Waals surface area (Å²) in [5.41, 5.74) is 0. The van der Waals surface area contributed by atoms with Crippen molar-refractivity contribution in [3.8, 4) is 0 Å². The molecule has 1 aromatic rings. The van der Waals surface area contributed by atoms with Crippen LogP contribution in [-0.4, -0.2) is 32.5 Å². The highest BCUT2D eigenvalue weighted by atomic mass is 16.6. The summed E-state index contributed by atoms with van der Waals surface area (Å²) in [5.74, 6) is -0.0712. The van der Waals surface area contributed by atoms with E-state index in [1.54, 1.807) is 10.8 Å². The van der Waals surface area contributed by atoms with Crippen molar-refractivity contribution < 1.29 is 4.92 Å². The Morgan fingerprint density at radius 1 is 1.44 bits per heavy atom. The molecule has 1 atom stereocenters. The molecule has 1 aromatic heterocycles. The van der Waals surface area contributed by atoms with E-state index in [0.717, 1.165) is 13.1 Å². The number of nitrogens with zero attached hydrogens (tertiary/aromatic N) is 4. The highest BCUT2D eigenvalue weighted by Crippen LogP contribution is 2.22. The minimum absolute atomic E-state index is 0.0169. The van der Waals surface area contributed by atoms with Gasteiger partial charge < -0.3 is 10.1 Å². The number of piperidine rings is 1. The van der Waals surface area contributed by atoms with Crippen LogP contribution in [0.5, 0.6) is 0 Å². The van der Waals surface area contributed by atoms with Crippen molar-refractivity contribution in [2.75, 3.05) is 13.1 Å². The molecule has 6 heteroatoms. The summed E-state index contributed by atoms with van der Waals surface area (Å²) in [7, 11) is 0. The molecular weight excluding hydrogens is 208 g/mol. The molecular formula is C10H16N4O2. The number of likely N-dealkylation sites (tertiary alicyclic amines) is 1. The summed E-state index contributed by atoms with van der Waals surface area (Å²) in [6.07, 6.45) is 6.79. The molecule has 1 saturated heterocycles. The maximum absolute atomic E-state index is 10.8. The molecule has 1 aliphatic heterocycles. The average molecular weight is 224 g/mol. The lowest BCUT2D eigenvalue weighted by molar-refractivity contribution is -0.397. The van der Waals surface area contributed by atoms with Crippen molar-refractivity contribution in [1.82, 2.24) is 14.5 Å². The molecule has 2 rings (SSSR count). The maximum atomic E-state index is 10.8. The van der Waals surface area contributed by atoms with Crippen molar-refractivity contribution in [2.45, 2.75) is 32.4 Å². The van der Waals surface area contributed by atoms with Crippen LogP contribution in [-0.2, 0) is 0 Å². The van der Waals surface area contributed by atoms with Gasteiger partial charge in [-0.2, -0.15) is 0 Å². The normalized spacial score (nSPS) is 19.6. The molecule has 1 aliphatic rings. The van der Waals surface area contributed by atoms with E-state index in [1.165, 1.54) is 25.5 Å². The maximum Gasteiger partial charge on any atom is 0.435 e. The number of rotatable bonds is 3. The Hall–Kier alpha value is -1.43. The Morgan fingerprint density at radius 2 is 2.12 bits per heavy atom. The van der Waals surface area contributed by atoms with Gasteiger partial charge in [-0.05, 0) is 24.7 Å². The van der Waals surface area contributed by atoms with E-state index in [1.807, 2.05) is 6.92 Å². The standard InChI is InChI=1S/C10H16N4O2/c1-9(12-6-3-2-4-7-12)13-8-5-11-10(13)14(15)16/h5,8-9H,2-4,6-7H2,1H3. The molecule has 0 bridgehead atoms. The third kappa shape index (κ3) is 2.06. The van der Waals surface area contributed by atoms with Gasteiger partial charge in [0, 0.05) is 13.1 Å². The second kappa shape index (κ2) is 4.61. The predicted molar refractivity (Wildman–Crippen MR) is 59.0 cm³/mol. The van der Waals surface area contributed by atoms with Crippen LogP contribution in [0.3, 0.4) is 0 Å². The second-order valence-electron chi connectivity index (χ2n) is 4.12. The zero-order chi connectivity index (χ0) is 11.5. The third-order valence-corrected chi connectivity index (χ3v) is 3.13. The molecule has 1 unspecified atom stereocenters. The summed E-state index contributed by atoms with van der Waals surface area (Å²) in [6, 6.07) is 0. The van der Waals surface area contributed by atoms with E-state index in [4.69, 9.17) is 0 Å². The first-order valence-corrected chi connectivity index (χ1v) is 5.61. The fraction of sp³-hybridized carbons (Fsp3) is 0.700. The molecule has 0 spiro atoms. The zero-order valence-corrected chi connectivity index (χ0v) is 9.37. The van der Waals surface area contributed by atoms with Crippen molar-refractivity contribution in [1.29, 1.82) is 0 Å². The lowest BCUT2D eigenvalue weighted by Crippen LogP contribution is -2.35. The molecule has 16 heavy (non-hydrogen) atoms. The average Bonchev–Trinajstić information content (AvgIpc) is 2.78. The summed E-state index contributed by atoms with van der Waals surface area (Å²) in [6.45, 7) is 4.01. The monoisotopic (exact) mass is 224 g/mol. The quantitative estimate of drug-likeness (QED) is 0.580. The van der Waals surface area contributed by atoms with Gasteiger partial charge in [0.1, 0.15) is 18.6 Å². The highest BCUT2D eigenvalue weighted by molar-refractivity contribution is 5.08. The Labute approximate surface area is 94.0 Å². The van der Waals surface area contributed by atoms with Gasteiger partial charge >= 0.3 is 5.95 Å². The molecule has 0 aromatic carbocycles. The van der Waals surface area contributed by atoms with Gasteiger partial charge in [0.15, 0.2) is 0 Å².